The van der Waals surface area contributed by atoms with Crippen molar-refractivity contribution in [2.24, 2.45) is 0 Å². The highest BCUT2D eigenvalue weighted by Gasteiger charge is 2.13. The van der Waals surface area contributed by atoms with Crippen LogP contribution in [-0.4, -0.2) is 13.0 Å². The Morgan fingerprint density at radius 1 is 1.30 bits per heavy atom. The summed E-state index contributed by atoms with van der Waals surface area (Å²) < 4.78 is 5.92. The molecule has 2 aromatic rings. The first kappa shape index (κ1) is 14.7. The van der Waals surface area contributed by atoms with Gasteiger partial charge in [0.1, 0.15) is 5.75 Å². The molecular formula is C14H12BrClN2O2. The van der Waals surface area contributed by atoms with Crippen LogP contribution in [0.15, 0.2) is 40.9 Å². The van der Waals surface area contributed by atoms with Crippen LogP contribution in [-0.2, 0) is 0 Å². The van der Waals surface area contributed by atoms with E-state index in [9.17, 15) is 4.79 Å². The molecule has 0 saturated heterocycles. The Morgan fingerprint density at radius 2 is 2.05 bits per heavy atom. The van der Waals surface area contributed by atoms with Gasteiger partial charge in [-0.2, -0.15) is 0 Å². The fraction of sp³-hybridized carbons (Fsp3) is 0.0714. The number of amides is 1. The fourth-order valence-corrected chi connectivity index (χ4v) is 2.09. The minimum atomic E-state index is -0.291. The average molecular weight is 356 g/mol. The summed E-state index contributed by atoms with van der Waals surface area (Å²) in [6.07, 6.45) is 0. The number of nitrogens with one attached hydrogen (secondary N) is 1. The second-order valence-corrected chi connectivity index (χ2v) is 5.30. The van der Waals surface area contributed by atoms with E-state index in [4.69, 9.17) is 22.1 Å². The van der Waals surface area contributed by atoms with Gasteiger partial charge in [0.15, 0.2) is 0 Å². The van der Waals surface area contributed by atoms with Gasteiger partial charge in [0.2, 0.25) is 0 Å². The molecule has 1 amide bonds. The number of halogens is 2. The monoisotopic (exact) mass is 354 g/mol. The minimum Gasteiger partial charge on any atom is -0.496 e. The molecular weight excluding hydrogens is 344 g/mol. The highest BCUT2D eigenvalue weighted by Crippen LogP contribution is 2.27. The summed E-state index contributed by atoms with van der Waals surface area (Å²) in [5.74, 6) is 0.131. The van der Waals surface area contributed by atoms with Crippen molar-refractivity contribution in [2.75, 3.05) is 18.2 Å². The summed E-state index contributed by atoms with van der Waals surface area (Å²) in [6.45, 7) is 0. The van der Waals surface area contributed by atoms with Gasteiger partial charge in [0.05, 0.1) is 17.7 Å². The van der Waals surface area contributed by atoms with Crippen molar-refractivity contribution in [1.82, 2.24) is 0 Å². The maximum absolute atomic E-state index is 12.2. The molecule has 0 fully saturated rings. The van der Waals surface area contributed by atoms with E-state index in [2.05, 4.69) is 21.2 Å². The summed E-state index contributed by atoms with van der Waals surface area (Å²) in [7, 11) is 1.49. The molecule has 104 valence electrons. The molecule has 0 aliphatic rings. The number of ether oxygens (including phenoxy) is 1. The number of hydrogen-bond acceptors (Lipinski definition) is 3. The Labute approximate surface area is 130 Å². The van der Waals surface area contributed by atoms with Crippen LogP contribution < -0.4 is 15.8 Å². The molecule has 0 spiro atoms. The highest BCUT2D eigenvalue weighted by molar-refractivity contribution is 9.10. The van der Waals surface area contributed by atoms with E-state index in [-0.39, 0.29) is 5.91 Å². The number of carbonyl (C=O) groups excluding carboxylic acids is 1. The van der Waals surface area contributed by atoms with E-state index >= 15 is 0 Å². The first-order valence-electron chi connectivity index (χ1n) is 5.71. The standard InChI is InChI=1S/C14H12BrClN2O2/c1-20-13-6-8(17)2-4-10(13)14(19)18-9-3-5-11(15)12(16)7-9/h2-7H,17H2,1H3,(H,18,19). The lowest BCUT2D eigenvalue weighted by atomic mass is 10.1. The number of nitrogen functional groups attached to an aromatic ring is 1. The maximum Gasteiger partial charge on any atom is 0.259 e. The summed E-state index contributed by atoms with van der Waals surface area (Å²) >= 11 is 9.28. The molecule has 0 bridgehead atoms. The van der Waals surface area contributed by atoms with Gasteiger partial charge in [0.25, 0.3) is 5.91 Å². The van der Waals surface area contributed by atoms with Gasteiger partial charge >= 0.3 is 0 Å². The molecule has 6 heteroatoms. The summed E-state index contributed by atoms with van der Waals surface area (Å²) in [4.78, 5) is 12.2. The fourth-order valence-electron chi connectivity index (χ4n) is 1.67. The number of benzene rings is 2. The quantitative estimate of drug-likeness (QED) is 0.820. The van der Waals surface area contributed by atoms with Crippen LogP contribution in [0.5, 0.6) is 5.75 Å². The number of nitrogens with two attached hydrogens (primary N) is 1. The van der Waals surface area contributed by atoms with Gasteiger partial charge in [-0.25, -0.2) is 0 Å². The zero-order chi connectivity index (χ0) is 14.7. The Kier molecular flexibility index (Phi) is 4.52. The summed E-state index contributed by atoms with van der Waals surface area (Å²) in [5, 5.41) is 3.28. The van der Waals surface area contributed by atoms with E-state index in [1.807, 2.05) is 0 Å². The first-order chi connectivity index (χ1) is 9.51. The summed E-state index contributed by atoms with van der Waals surface area (Å²) in [5.41, 5.74) is 7.19. The SMILES string of the molecule is COc1cc(N)ccc1C(=O)Nc1ccc(Br)c(Cl)c1. The molecule has 0 aliphatic heterocycles. The minimum absolute atomic E-state index is 0.291. The van der Waals surface area contributed by atoms with Gasteiger partial charge in [-0.1, -0.05) is 11.6 Å². The zero-order valence-corrected chi connectivity index (χ0v) is 13.0. The second-order valence-electron chi connectivity index (χ2n) is 4.04. The van der Waals surface area contributed by atoms with Gasteiger partial charge in [-0.3, -0.25) is 4.79 Å². The molecule has 0 heterocycles. The molecule has 0 radical (unpaired) electrons. The van der Waals surface area contributed by atoms with Crippen LogP contribution in [0.4, 0.5) is 11.4 Å². The third-order valence-corrected chi connectivity index (χ3v) is 3.88. The number of hydrogen-bond donors (Lipinski definition) is 2. The topological polar surface area (TPSA) is 64.3 Å². The van der Waals surface area contributed by atoms with Crippen molar-refractivity contribution in [3.05, 3.63) is 51.5 Å². The van der Waals surface area contributed by atoms with Crippen LogP contribution >= 0.6 is 27.5 Å². The lowest BCUT2D eigenvalue weighted by molar-refractivity contribution is 0.102. The third kappa shape index (κ3) is 3.23. The van der Waals surface area contributed by atoms with Gasteiger partial charge < -0.3 is 15.8 Å². The first-order valence-corrected chi connectivity index (χ1v) is 6.88. The van der Waals surface area contributed by atoms with Crippen molar-refractivity contribution in [1.29, 1.82) is 0 Å². The van der Waals surface area contributed by atoms with Crippen LogP contribution in [0.1, 0.15) is 10.4 Å². The molecule has 4 nitrogen and oxygen atoms in total. The molecule has 2 aromatic carbocycles. The summed E-state index contributed by atoms with van der Waals surface area (Å²) in [6, 6.07) is 10.0. The lowest BCUT2D eigenvalue weighted by Gasteiger charge is -2.10. The molecule has 0 aromatic heterocycles. The smallest absolute Gasteiger partial charge is 0.259 e. The van der Waals surface area contributed by atoms with Gasteiger partial charge in [0, 0.05) is 21.9 Å². The Morgan fingerprint density at radius 3 is 2.70 bits per heavy atom. The number of methoxy groups -OCH3 is 1. The lowest BCUT2D eigenvalue weighted by Crippen LogP contribution is -2.13. The predicted octanol–water partition coefficient (Wildman–Crippen LogP) is 3.95. The van der Waals surface area contributed by atoms with Crippen molar-refractivity contribution in [3.63, 3.8) is 0 Å². The third-order valence-electron chi connectivity index (χ3n) is 2.65. The predicted molar refractivity (Wildman–Crippen MR) is 84.5 cm³/mol. The molecule has 0 unspecified atom stereocenters. The maximum atomic E-state index is 12.2. The second kappa shape index (κ2) is 6.15. The van der Waals surface area contributed by atoms with Crippen LogP contribution in [0.3, 0.4) is 0 Å². The number of carbonyl (C=O) groups is 1. The molecule has 2 rings (SSSR count). The average Bonchev–Trinajstić information content (AvgIpc) is 2.42. The van der Waals surface area contributed by atoms with Crippen LogP contribution in [0.25, 0.3) is 0 Å². The van der Waals surface area contributed by atoms with Crippen molar-refractivity contribution >= 4 is 44.8 Å². The Balaban J connectivity index is 2.25. The van der Waals surface area contributed by atoms with Crippen molar-refractivity contribution in [3.8, 4) is 5.75 Å². The van der Waals surface area contributed by atoms with Crippen molar-refractivity contribution in [2.45, 2.75) is 0 Å². The molecule has 0 saturated carbocycles. The van der Waals surface area contributed by atoms with Gasteiger partial charge in [-0.05, 0) is 46.3 Å². The van der Waals surface area contributed by atoms with E-state index in [0.29, 0.717) is 27.7 Å². The van der Waals surface area contributed by atoms with Crippen LogP contribution in [0.2, 0.25) is 5.02 Å². The van der Waals surface area contributed by atoms with Gasteiger partial charge in [-0.15, -0.1) is 0 Å². The van der Waals surface area contributed by atoms with E-state index in [1.165, 1.54) is 7.11 Å². The molecule has 20 heavy (non-hydrogen) atoms. The van der Waals surface area contributed by atoms with Crippen molar-refractivity contribution < 1.29 is 9.53 Å². The Hall–Kier alpha value is -1.72. The Bertz CT molecular complexity index is 662. The number of anilines is 2. The molecule has 0 aliphatic carbocycles. The van der Waals surface area contributed by atoms with E-state index < -0.39 is 0 Å². The largest absolute Gasteiger partial charge is 0.496 e. The zero-order valence-electron chi connectivity index (χ0n) is 10.6. The van der Waals surface area contributed by atoms with E-state index in [0.717, 1.165) is 4.47 Å². The molecule has 3 N–H and O–H groups in total. The van der Waals surface area contributed by atoms with Crippen LogP contribution in [0, 0.1) is 0 Å². The van der Waals surface area contributed by atoms with E-state index in [1.54, 1.807) is 36.4 Å². The normalized spacial score (nSPS) is 10.2. The number of rotatable bonds is 3. The highest BCUT2D eigenvalue weighted by atomic mass is 79.9. The molecule has 0 atom stereocenters.